The molecule has 1 aromatic carbocycles. The van der Waals surface area contributed by atoms with Crippen LogP contribution in [0, 0.1) is 0 Å². The highest BCUT2D eigenvalue weighted by molar-refractivity contribution is 5.88. The van der Waals surface area contributed by atoms with Crippen molar-refractivity contribution >= 4 is 18.3 Å². The molecule has 0 aliphatic heterocycles. The van der Waals surface area contributed by atoms with Gasteiger partial charge in [-0.25, -0.2) is 9.59 Å². The maximum absolute atomic E-state index is 11.4. The number of amides is 2. The molecule has 0 radical (unpaired) electrons. The van der Waals surface area contributed by atoms with E-state index in [1.807, 2.05) is 0 Å². The average molecular weight is 276 g/mol. The molecule has 106 valence electrons. The van der Waals surface area contributed by atoms with E-state index < -0.39 is 17.5 Å². The Labute approximate surface area is 116 Å². The summed E-state index contributed by atoms with van der Waals surface area (Å²) in [5, 5.41) is 14.1. The predicted molar refractivity (Wildman–Crippen MR) is 71.8 cm³/mol. The third-order valence-electron chi connectivity index (χ3n) is 3.61. The molecule has 3 N–H and O–H groups in total. The highest BCUT2D eigenvalue weighted by atomic mass is 16.4. The molecule has 1 unspecified atom stereocenters. The van der Waals surface area contributed by atoms with Crippen molar-refractivity contribution in [3.8, 4) is 0 Å². The van der Waals surface area contributed by atoms with Gasteiger partial charge < -0.3 is 20.5 Å². The summed E-state index contributed by atoms with van der Waals surface area (Å²) in [6.07, 6.45) is 2.15. The Balaban J connectivity index is 2.27. The van der Waals surface area contributed by atoms with Crippen molar-refractivity contribution in [1.29, 1.82) is 0 Å². The molecule has 2 amide bonds. The molecule has 0 saturated heterocycles. The van der Waals surface area contributed by atoms with Crippen LogP contribution in [-0.4, -0.2) is 36.0 Å². The summed E-state index contributed by atoms with van der Waals surface area (Å²) in [4.78, 5) is 33.8. The van der Waals surface area contributed by atoms with Gasteiger partial charge in [0.25, 0.3) is 0 Å². The van der Waals surface area contributed by atoms with Gasteiger partial charge in [-0.2, -0.15) is 0 Å². The lowest BCUT2D eigenvalue weighted by Gasteiger charge is -2.34. The van der Waals surface area contributed by atoms with Gasteiger partial charge in [-0.15, -0.1) is 0 Å². The summed E-state index contributed by atoms with van der Waals surface area (Å²) in [6.45, 7) is 0. The van der Waals surface area contributed by atoms with Crippen molar-refractivity contribution in [3.05, 3.63) is 34.9 Å². The Kier molecular flexibility index (Phi) is 3.74. The smallest absolute Gasteiger partial charge is 0.335 e. The maximum Gasteiger partial charge on any atom is 0.335 e. The van der Waals surface area contributed by atoms with Gasteiger partial charge in [-0.3, -0.25) is 0 Å². The van der Waals surface area contributed by atoms with Crippen molar-refractivity contribution in [2.45, 2.75) is 24.8 Å². The second-order valence-corrected chi connectivity index (χ2v) is 4.94. The lowest BCUT2D eigenvalue weighted by molar-refractivity contribution is -0.113. The number of aromatic carboxylic acids is 1. The van der Waals surface area contributed by atoms with E-state index in [-0.39, 0.29) is 5.56 Å². The number of carboxylic acid groups (broad SMARTS) is 1. The van der Waals surface area contributed by atoms with Crippen LogP contribution in [0.2, 0.25) is 0 Å². The first-order chi connectivity index (χ1) is 9.49. The average Bonchev–Trinajstić information content (AvgIpc) is 2.46. The van der Waals surface area contributed by atoms with Gasteiger partial charge in [-0.1, -0.05) is 6.07 Å². The summed E-state index contributed by atoms with van der Waals surface area (Å²) < 4.78 is 0. The number of benzene rings is 1. The fourth-order valence-corrected chi connectivity index (χ4v) is 2.48. The van der Waals surface area contributed by atoms with Crippen molar-refractivity contribution in [2.75, 3.05) is 7.05 Å². The molecule has 1 aliphatic carbocycles. The van der Waals surface area contributed by atoms with Gasteiger partial charge in [0.15, 0.2) is 0 Å². The molecular formula is C14H16N2O4. The van der Waals surface area contributed by atoms with Crippen LogP contribution in [-0.2, 0) is 17.6 Å². The number of urea groups is 1. The van der Waals surface area contributed by atoms with Gasteiger partial charge in [0, 0.05) is 13.5 Å². The number of carboxylic acids is 1. The summed E-state index contributed by atoms with van der Waals surface area (Å²) in [5.41, 5.74) is 1.13. The molecule has 6 heteroatoms. The molecule has 0 fully saturated rings. The normalized spacial score (nSPS) is 20.6. The van der Waals surface area contributed by atoms with Crippen LogP contribution >= 0.6 is 0 Å². The Hall–Kier alpha value is -2.37. The highest BCUT2D eigenvalue weighted by Gasteiger charge is 2.35. The fourth-order valence-electron chi connectivity index (χ4n) is 2.48. The monoisotopic (exact) mass is 276 g/mol. The first kappa shape index (κ1) is 14.0. The van der Waals surface area contributed by atoms with Crippen molar-refractivity contribution in [3.63, 3.8) is 0 Å². The molecule has 0 spiro atoms. The summed E-state index contributed by atoms with van der Waals surface area (Å²) in [7, 11) is 1.49. The van der Waals surface area contributed by atoms with Crippen LogP contribution < -0.4 is 10.6 Å². The number of rotatable bonds is 3. The van der Waals surface area contributed by atoms with Crippen molar-refractivity contribution in [2.24, 2.45) is 0 Å². The molecule has 1 aromatic rings. The number of aldehydes is 1. The minimum absolute atomic E-state index is 0.238. The SMILES string of the molecule is CNC(=O)NC1(C=O)CCc2cc(C(=O)O)ccc2C1. The van der Waals surface area contributed by atoms with E-state index in [1.54, 1.807) is 12.1 Å². The Morgan fingerprint density at radius 1 is 1.35 bits per heavy atom. The van der Waals surface area contributed by atoms with Crippen LogP contribution in [0.5, 0.6) is 0 Å². The maximum atomic E-state index is 11.4. The van der Waals surface area contributed by atoms with E-state index in [1.165, 1.54) is 13.1 Å². The second kappa shape index (κ2) is 5.32. The van der Waals surface area contributed by atoms with E-state index in [9.17, 15) is 14.4 Å². The largest absolute Gasteiger partial charge is 0.478 e. The van der Waals surface area contributed by atoms with Gasteiger partial charge in [0.2, 0.25) is 0 Å². The lowest BCUT2D eigenvalue weighted by atomic mass is 9.78. The Morgan fingerprint density at radius 2 is 2.10 bits per heavy atom. The summed E-state index contributed by atoms with van der Waals surface area (Å²) in [5.74, 6) is -0.969. The van der Waals surface area contributed by atoms with Gasteiger partial charge in [-0.05, 0) is 36.1 Å². The minimum atomic E-state index is -0.969. The molecule has 20 heavy (non-hydrogen) atoms. The van der Waals surface area contributed by atoms with E-state index in [2.05, 4.69) is 10.6 Å². The van der Waals surface area contributed by atoms with Gasteiger partial charge >= 0.3 is 12.0 Å². The van der Waals surface area contributed by atoms with Crippen LogP contribution in [0.15, 0.2) is 18.2 Å². The fraction of sp³-hybridized carbons (Fsp3) is 0.357. The number of nitrogens with one attached hydrogen (secondary N) is 2. The third-order valence-corrected chi connectivity index (χ3v) is 3.61. The number of hydrogen-bond acceptors (Lipinski definition) is 3. The van der Waals surface area contributed by atoms with Crippen molar-refractivity contribution in [1.82, 2.24) is 10.6 Å². The number of carbonyl (C=O) groups is 3. The molecule has 1 aliphatic rings. The van der Waals surface area contributed by atoms with Crippen molar-refractivity contribution < 1.29 is 19.5 Å². The first-order valence-corrected chi connectivity index (χ1v) is 6.31. The number of aryl methyl sites for hydroxylation is 1. The molecule has 0 bridgehead atoms. The van der Waals surface area contributed by atoms with Crippen LogP contribution in [0.4, 0.5) is 4.79 Å². The molecule has 0 saturated carbocycles. The van der Waals surface area contributed by atoms with Gasteiger partial charge in [0.05, 0.1) is 5.56 Å². The molecule has 1 atom stereocenters. The molecule has 0 heterocycles. The van der Waals surface area contributed by atoms with E-state index in [4.69, 9.17) is 5.11 Å². The Bertz CT molecular complexity index is 570. The predicted octanol–water partition coefficient (Wildman–Crippen LogP) is 0.740. The zero-order chi connectivity index (χ0) is 14.8. The molecular weight excluding hydrogens is 260 g/mol. The molecule has 2 rings (SSSR count). The number of carbonyl (C=O) groups excluding carboxylic acids is 2. The second-order valence-electron chi connectivity index (χ2n) is 4.94. The van der Waals surface area contributed by atoms with E-state index in [0.717, 1.165) is 17.4 Å². The zero-order valence-electron chi connectivity index (χ0n) is 11.1. The molecule has 0 aromatic heterocycles. The number of fused-ring (bicyclic) bond motifs is 1. The lowest BCUT2D eigenvalue weighted by Crippen LogP contribution is -2.55. The first-order valence-electron chi connectivity index (χ1n) is 6.31. The van der Waals surface area contributed by atoms with E-state index in [0.29, 0.717) is 19.3 Å². The molecule has 6 nitrogen and oxygen atoms in total. The number of hydrogen-bond donors (Lipinski definition) is 3. The van der Waals surface area contributed by atoms with Crippen LogP contribution in [0.25, 0.3) is 0 Å². The third kappa shape index (κ3) is 2.64. The minimum Gasteiger partial charge on any atom is -0.478 e. The summed E-state index contributed by atoms with van der Waals surface area (Å²) in [6, 6.07) is 4.46. The quantitative estimate of drug-likeness (QED) is 0.709. The van der Waals surface area contributed by atoms with Crippen LogP contribution in [0.3, 0.4) is 0 Å². The van der Waals surface area contributed by atoms with Gasteiger partial charge in [0.1, 0.15) is 11.8 Å². The Morgan fingerprint density at radius 3 is 2.70 bits per heavy atom. The summed E-state index contributed by atoms with van der Waals surface area (Å²) >= 11 is 0. The van der Waals surface area contributed by atoms with E-state index >= 15 is 0 Å². The topological polar surface area (TPSA) is 95.5 Å². The van der Waals surface area contributed by atoms with Crippen LogP contribution in [0.1, 0.15) is 27.9 Å². The standard InChI is InChI=1S/C14H16N2O4/c1-15-13(20)16-14(8-17)5-4-9-6-10(12(18)19)2-3-11(9)7-14/h2-3,6,8H,4-5,7H2,1H3,(H,18,19)(H2,15,16,20). The highest BCUT2D eigenvalue weighted by Crippen LogP contribution is 2.28. The zero-order valence-corrected chi connectivity index (χ0v) is 11.1.